The van der Waals surface area contributed by atoms with Crippen LogP contribution >= 0.6 is 0 Å². The van der Waals surface area contributed by atoms with E-state index in [1.54, 1.807) is 24.4 Å². The number of anilines is 1. The number of benzene rings is 1. The normalized spacial score (nSPS) is 16.6. The molecular formula is C20H27N5O2. The van der Waals surface area contributed by atoms with E-state index in [-0.39, 0.29) is 24.0 Å². The highest BCUT2D eigenvalue weighted by atomic mass is 16.2. The van der Waals surface area contributed by atoms with Gasteiger partial charge < -0.3 is 15.5 Å². The summed E-state index contributed by atoms with van der Waals surface area (Å²) in [6.45, 7) is 7.19. The van der Waals surface area contributed by atoms with E-state index in [9.17, 15) is 9.59 Å². The second-order valence-electron chi connectivity index (χ2n) is 7.31. The SMILES string of the molecule is Cc1cc(C(=O)NC(C)C)ccc1NC(=O)N1CCCC1Cn1cccn1. The number of rotatable bonds is 5. The number of amides is 3. The van der Waals surface area contributed by atoms with Crippen LogP contribution in [0.3, 0.4) is 0 Å². The van der Waals surface area contributed by atoms with Crippen molar-refractivity contribution in [1.29, 1.82) is 0 Å². The maximum absolute atomic E-state index is 12.8. The van der Waals surface area contributed by atoms with Crippen molar-refractivity contribution in [2.24, 2.45) is 0 Å². The van der Waals surface area contributed by atoms with Crippen molar-refractivity contribution >= 4 is 17.6 Å². The van der Waals surface area contributed by atoms with E-state index in [1.165, 1.54) is 0 Å². The summed E-state index contributed by atoms with van der Waals surface area (Å²) in [7, 11) is 0. The minimum atomic E-state index is -0.107. The lowest BCUT2D eigenvalue weighted by Gasteiger charge is -2.25. The molecule has 1 aliphatic rings. The van der Waals surface area contributed by atoms with Crippen molar-refractivity contribution in [2.45, 2.75) is 52.2 Å². The zero-order valence-corrected chi connectivity index (χ0v) is 16.1. The molecule has 2 heterocycles. The molecule has 0 bridgehead atoms. The Labute approximate surface area is 159 Å². The van der Waals surface area contributed by atoms with Crippen molar-refractivity contribution < 1.29 is 9.59 Å². The van der Waals surface area contributed by atoms with Gasteiger partial charge in [-0.05, 0) is 63.4 Å². The average Bonchev–Trinajstić information content (AvgIpc) is 3.28. The van der Waals surface area contributed by atoms with Crippen molar-refractivity contribution in [3.8, 4) is 0 Å². The Morgan fingerprint density at radius 1 is 1.33 bits per heavy atom. The highest BCUT2D eigenvalue weighted by molar-refractivity contribution is 5.96. The predicted octanol–water partition coefficient (Wildman–Crippen LogP) is 3.03. The van der Waals surface area contributed by atoms with Crippen LogP contribution in [0.25, 0.3) is 0 Å². The Balaban J connectivity index is 1.65. The third-order valence-corrected chi connectivity index (χ3v) is 4.74. The average molecular weight is 369 g/mol. The maximum atomic E-state index is 12.8. The van der Waals surface area contributed by atoms with Crippen molar-refractivity contribution in [2.75, 3.05) is 11.9 Å². The number of aryl methyl sites for hydroxylation is 1. The van der Waals surface area contributed by atoms with Crippen LogP contribution in [0, 0.1) is 6.92 Å². The predicted molar refractivity (Wildman–Crippen MR) is 105 cm³/mol. The van der Waals surface area contributed by atoms with Gasteiger partial charge in [0.25, 0.3) is 5.91 Å². The minimum Gasteiger partial charge on any atom is -0.350 e. The van der Waals surface area contributed by atoms with Gasteiger partial charge in [0.15, 0.2) is 0 Å². The molecule has 0 spiro atoms. The summed E-state index contributed by atoms with van der Waals surface area (Å²) in [4.78, 5) is 26.8. The fourth-order valence-electron chi connectivity index (χ4n) is 3.39. The Morgan fingerprint density at radius 2 is 2.15 bits per heavy atom. The zero-order valence-electron chi connectivity index (χ0n) is 16.1. The van der Waals surface area contributed by atoms with Gasteiger partial charge in [-0.1, -0.05) is 0 Å². The Morgan fingerprint density at radius 3 is 2.81 bits per heavy atom. The number of likely N-dealkylation sites (tertiary alicyclic amines) is 1. The summed E-state index contributed by atoms with van der Waals surface area (Å²) in [6.07, 6.45) is 5.63. The third kappa shape index (κ3) is 4.67. The quantitative estimate of drug-likeness (QED) is 0.850. The third-order valence-electron chi connectivity index (χ3n) is 4.74. The molecule has 1 saturated heterocycles. The molecule has 7 nitrogen and oxygen atoms in total. The fourth-order valence-corrected chi connectivity index (χ4v) is 3.39. The van der Waals surface area contributed by atoms with Gasteiger partial charge in [0.2, 0.25) is 0 Å². The van der Waals surface area contributed by atoms with E-state index in [1.807, 2.05) is 42.6 Å². The smallest absolute Gasteiger partial charge is 0.322 e. The summed E-state index contributed by atoms with van der Waals surface area (Å²) in [5.41, 5.74) is 2.19. The molecule has 1 unspecified atom stereocenters. The Kier molecular flexibility index (Phi) is 5.78. The molecule has 3 amide bonds. The van der Waals surface area contributed by atoms with Gasteiger partial charge in [0.1, 0.15) is 0 Å². The van der Waals surface area contributed by atoms with Crippen molar-refractivity contribution in [1.82, 2.24) is 20.0 Å². The molecule has 0 radical (unpaired) electrons. The van der Waals surface area contributed by atoms with Gasteiger partial charge in [0, 0.05) is 36.2 Å². The highest BCUT2D eigenvalue weighted by Crippen LogP contribution is 2.22. The number of carbonyl (C=O) groups excluding carboxylic acids is 2. The number of hydrogen-bond donors (Lipinski definition) is 2. The second kappa shape index (κ2) is 8.24. The molecule has 1 aromatic carbocycles. The van der Waals surface area contributed by atoms with Crippen LogP contribution in [0.15, 0.2) is 36.7 Å². The van der Waals surface area contributed by atoms with Gasteiger partial charge in [-0.25, -0.2) is 4.79 Å². The Bertz CT molecular complexity index is 801. The van der Waals surface area contributed by atoms with Gasteiger partial charge >= 0.3 is 6.03 Å². The molecule has 144 valence electrons. The van der Waals surface area contributed by atoms with Crippen LogP contribution in [0.2, 0.25) is 0 Å². The van der Waals surface area contributed by atoms with Crippen LogP contribution in [-0.4, -0.2) is 45.2 Å². The van der Waals surface area contributed by atoms with E-state index in [0.29, 0.717) is 12.1 Å². The van der Waals surface area contributed by atoms with Gasteiger partial charge in [-0.3, -0.25) is 9.48 Å². The number of hydrogen-bond acceptors (Lipinski definition) is 3. The largest absolute Gasteiger partial charge is 0.350 e. The lowest BCUT2D eigenvalue weighted by Crippen LogP contribution is -2.41. The van der Waals surface area contributed by atoms with Crippen LogP contribution in [-0.2, 0) is 6.54 Å². The topological polar surface area (TPSA) is 79.3 Å². The van der Waals surface area contributed by atoms with Gasteiger partial charge in [0.05, 0.1) is 12.6 Å². The Hall–Kier alpha value is -2.83. The second-order valence-corrected chi connectivity index (χ2v) is 7.31. The van der Waals surface area contributed by atoms with E-state index in [4.69, 9.17) is 0 Å². The van der Waals surface area contributed by atoms with Crippen LogP contribution in [0.5, 0.6) is 0 Å². The number of nitrogens with zero attached hydrogens (tertiary/aromatic N) is 3. The molecule has 0 saturated carbocycles. The summed E-state index contributed by atoms with van der Waals surface area (Å²) in [5, 5.41) is 10.1. The molecule has 27 heavy (non-hydrogen) atoms. The lowest BCUT2D eigenvalue weighted by atomic mass is 10.1. The van der Waals surface area contributed by atoms with Crippen molar-refractivity contribution in [3.05, 3.63) is 47.8 Å². The van der Waals surface area contributed by atoms with E-state index >= 15 is 0 Å². The first-order valence-electron chi connectivity index (χ1n) is 9.40. The van der Waals surface area contributed by atoms with Crippen LogP contribution < -0.4 is 10.6 Å². The molecule has 2 N–H and O–H groups in total. The van der Waals surface area contributed by atoms with E-state index in [0.717, 1.165) is 30.6 Å². The molecule has 3 rings (SSSR count). The molecule has 1 aromatic heterocycles. The first-order valence-corrected chi connectivity index (χ1v) is 9.40. The minimum absolute atomic E-state index is 0.0825. The monoisotopic (exact) mass is 369 g/mol. The summed E-state index contributed by atoms with van der Waals surface area (Å²) in [6, 6.07) is 7.35. The number of carbonyl (C=O) groups is 2. The molecule has 1 aliphatic heterocycles. The lowest BCUT2D eigenvalue weighted by molar-refractivity contribution is 0.0943. The fraction of sp³-hybridized carbons (Fsp3) is 0.450. The zero-order chi connectivity index (χ0) is 19.4. The molecule has 2 aromatic rings. The molecular weight excluding hydrogens is 342 g/mol. The maximum Gasteiger partial charge on any atom is 0.322 e. The highest BCUT2D eigenvalue weighted by Gasteiger charge is 2.29. The first kappa shape index (κ1) is 18.9. The van der Waals surface area contributed by atoms with Gasteiger partial charge in [-0.2, -0.15) is 5.10 Å². The van der Waals surface area contributed by atoms with E-state index in [2.05, 4.69) is 15.7 Å². The molecule has 1 atom stereocenters. The molecule has 7 heteroatoms. The summed E-state index contributed by atoms with van der Waals surface area (Å²) >= 11 is 0. The van der Waals surface area contributed by atoms with Gasteiger partial charge in [-0.15, -0.1) is 0 Å². The summed E-state index contributed by atoms with van der Waals surface area (Å²) < 4.78 is 1.86. The summed E-state index contributed by atoms with van der Waals surface area (Å²) in [5.74, 6) is -0.107. The van der Waals surface area contributed by atoms with Crippen molar-refractivity contribution in [3.63, 3.8) is 0 Å². The number of aromatic nitrogens is 2. The standard InChI is InChI=1S/C20H27N5O2/c1-14(2)22-19(26)16-7-8-18(15(3)12-16)23-20(27)25-11-4-6-17(25)13-24-10-5-9-21-24/h5,7-10,12,14,17H,4,6,11,13H2,1-3H3,(H,22,26)(H,23,27). The van der Waals surface area contributed by atoms with Crippen LogP contribution in [0.1, 0.15) is 42.6 Å². The van der Waals surface area contributed by atoms with E-state index < -0.39 is 0 Å². The first-order chi connectivity index (χ1) is 12.9. The molecule has 0 aliphatic carbocycles. The molecule has 1 fully saturated rings. The number of nitrogens with one attached hydrogen (secondary N) is 2. The van der Waals surface area contributed by atoms with Crippen LogP contribution in [0.4, 0.5) is 10.5 Å². The number of urea groups is 1.